The third-order valence-electron chi connectivity index (χ3n) is 3.57. The van der Waals surface area contributed by atoms with E-state index in [-0.39, 0.29) is 11.3 Å². The van der Waals surface area contributed by atoms with Gasteiger partial charge in [-0.3, -0.25) is 14.2 Å². The molecule has 0 atom stereocenters. The topological polar surface area (TPSA) is 71.4 Å². The van der Waals surface area contributed by atoms with Crippen molar-refractivity contribution < 1.29 is 19.3 Å². The summed E-state index contributed by atoms with van der Waals surface area (Å²) in [5.74, 6) is -0.247. The van der Waals surface area contributed by atoms with Crippen molar-refractivity contribution in [2.24, 2.45) is 0 Å². The fourth-order valence-corrected chi connectivity index (χ4v) is 2.95. The Morgan fingerprint density at radius 3 is 1.84 bits per heavy atom. The van der Waals surface area contributed by atoms with Crippen LogP contribution in [0.25, 0.3) is 0 Å². The molecule has 25 heavy (non-hydrogen) atoms. The fourth-order valence-electron chi connectivity index (χ4n) is 2.51. The predicted octanol–water partition coefficient (Wildman–Crippen LogP) is 4.68. The number of aryl methyl sites for hydroxylation is 3. The predicted molar refractivity (Wildman–Crippen MR) is 99.7 cm³/mol. The van der Waals surface area contributed by atoms with E-state index in [0.29, 0.717) is 11.1 Å². The molecule has 0 bridgehead atoms. The average molecular weight is 358 g/mol. The van der Waals surface area contributed by atoms with Gasteiger partial charge in [0.15, 0.2) is 5.78 Å². The maximum Gasteiger partial charge on any atom is 0.253 e. The van der Waals surface area contributed by atoms with Crippen LogP contribution in [0.4, 0.5) is 0 Å². The minimum absolute atomic E-state index is 0.247. The molecule has 0 aliphatic heterocycles. The van der Waals surface area contributed by atoms with E-state index < -0.39 is 14.1 Å². The Bertz CT molecular complexity index is 751. The first-order valence-corrected chi connectivity index (χ1v) is 8.67. The van der Waals surface area contributed by atoms with Gasteiger partial charge in [-0.1, -0.05) is 48.0 Å². The lowest BCUT2D eigenvalue weighted by Crippen LogP contribution is -2.30. The second-order valence-corrected chi connectivity index (χ2v) is 7.01. The molecule has 132 valence electrons. The molecule has 0 aliphatic carbocycles. The molecule has 2 rings (SSSR count). The maximum absolute atomic E-state index is 11.4. The third-order valence-corrected chi connectivity index (χ3v) is 3.95. The number of carbonyl (C=O) groups excluding carboxylic acids is 2. The van der Waals surface area contributed by atoms with Crippen LogP contribution in [-0.4, -0.2) is 22.0 Å². The summed E-state index contributed by atoms with van der Waals surface area (Å²) < 4.78 is 10.4. The summed E-state index contributed by atoms with van der Waals surface area (Å²) in [6, 6.07) is 12.6. The van der Waals surface area contributed by atoms with Crippen molar-refractivity contribution in [2.75, 3.05) is 0 Å². The highest BCUT2D eigenvalue weighted by atomic mass is 31.1. The van der Waals surface area contributed by atoms with E-state index >= 15 is 0 Å². The van der Waals surface area contributed by atoms with E-state index in [0.717, 1.165) is 16.7 Å². The second-order valence-electron chi connectivity index (χ2n) is 6.42. The Morgan fingerprint density at radius 1 is 0.960 bits per heavy atom. The molecule has 0 aromatic heterocycles. The minimum atomic E-state index is -1.28. The Morgan fingerprint density at radius 2 is 1.44 bits per heavy atom. The number of ketones is 1. The van der Waals surface area contributed by atoms with Gasteiger partial charge in [0.2, 0.25) is 8.46 Å². The first-order chi connectivity index (χ1) is 11.6. The normalized spacial score (nSPS) is 10.8. The second kappa shape index (κ2) is 8.80. The molecule has 0 fully saturated rings. The minimum Gasteiger partial charge on any atom is -0.382 e. The number of hydrogen-bond donors (Lipinski definition) is 1. The summed E-state index contributed by atoms with van der Waals surface area (Å²) in [5, 5.41) is 9.39. The highest BCUT2D eigenvalue weighted by Crippen LogP contribution is 2.20. The Kier molecular flexibility index (Phi) is 7.35. The zero-order valence-electron chi connectivity index (χ0n) is 15.2. The number of rotatable bonds is 4. The maximum atomic E-state index is 11.4. The van der Waals surface area contributed by atoms with Gasteiger partial charge in [-0.05, 0) is 45.7 Å². The van der Waals surface area contributed by atoms with Crippen molar-refractivity contribution in [3.63, 3.8) is 0 Å². The van der Waals surface area contributed by atoms with Crippen LogP contribution >= 0.6 is 8.46 Å². The Balaban J connectivity index is 0.000000251. The van der Waals surface area contributed by atoms with Gasteiger partial charge in [0.05, 0.1) is 0 Å². The SMILES string of the molecule is CC(C)(O)C(=O)c1ccccc1.Cc1cc(C)c(C(=O)P=O)c(C)c1. The monoisotopic (exact) mass is 358 g/mol. The first-order valence-electron chi connectivity index (χ1n) is 7.85. The van der Waals surface area contributed by atoms with Gasteiger partial charge >= 0.3 is 0 Å². The van der Waals surface area contributed by atoms with Crippen LogP contribution in [0.3, 0.4) is 0 Å². The molecule has 0 radical (unpaired) electrons. The Hall–Kier alpha value is -2.16. The lowest BCUT2D eigenvalue weighted by molar-refractivity contribution is 0.0488. The lowest BCUT2D eigenvalue weighted by Gasteiger charge is -2.14. The smallest absolute Gasteiger partial charge is 0.253 e. The van der Waals surface area contributed by atoms with E-state index in [1.807, 2.05) is 39.0 Å². The van der Waals surface area contributed by atoms with Crippen LogP contribution in [0.5, 0.6) is 0 Å². The van der Waals surface area contributed by atoms with Crippen LogP contribution < -0.4 is 0 Å². The van der Waals surface area contributed by atoms with Crippen molar-refractivity contribution in [2.45, 2.75) is 40.2 Å². The summed E-state index contributed by atoms with van der Waals surface area (Å²) >= 11 is 0. The summed E-state index contributed by atoms with van der Waals surface area (Å²) in [6.07, 6.45) is 0. The molecule has 1 N–H and O–H groups in total. The summed E-state index contributed by atoms with van der Waals surface area (Å²) in [7, 11) is -0.434. The van der Waals surface area contributed by atoms with Crippen LogP contribution in [-0.2, 0) is 4.57 Å². The number of hydrogen-bond acceptors (Lipinski definition) is 4. The molecule has 0 aliphatic rings. The number of carbonyl (C=O) groups is 2. The highest BCUT2D eigenvalue weighted by molar-refractivity contribution is 7.47. The molecule has 2 aromatic rings. The van der Waals surface area contributed by atoms with Gasteiger partial charge < -0.3 is 5.11 Å². The third kappa shape index (κ3) is 6.00. The van der Waals surface area contributed by atoms with E-state index in [1.165, 1.54) is 13.8 Å². The summed E-state index contributed by atoms with van der Waals surface area (Å²) in [5.41, 5.74) is 2.43. The van der Waals surface area contributed by atoms with Gasteiger partial charge in [-0.25, -0.2) is 0 Å². The molecule has 5 heteroatoms. The standard InChI is InChI=1S/C10H11O2P.C10H12O2/c1-6-4-7(2)9(8(3)5-6)10(11)13-12;1-10(2,12)9(11)8-6-4-3-5-7-8/h4-5H,1-3H3;3-7,12H,1-2H3. The van der Waals surface area contributed by atoms with Crippen LogP contribution in [0.15, 0.2) is 42.5 Å². The molecule has 2 aromatic carbocycles. The van der Waals surface area contributed by atoms with Crippen LogP contribution in [0.1, 0.15) is 51.3 Å². The molecule has 0 heterocycles. The molecule has 0 saturated heterocycles. The highest BCUT2D eigenvalue weighted by Gasteiger charge is 2.24. The molecule has 0 spiro atoms. The van der Waals surface area contributed by atoms with E-state index in [4.69, 9.17) is 0 Å². The summed E-state index contributed by atoms with van der Waals surface area (Å²) in [4.78, 5) is 22.7. The van der Waals surface area contributed by atoms with Crippen LogP contribution in [0.2, 0.25) is 0 Å². The zero-order valence-corrected chi connectivity index (χ0v) is 16.1. The van der Waals surface area contributed by atoms with Crippen molar-refractivity contribution >= 4 is 19.8 Å². The van der Waals surface area contributed by atoms with Gasteiger partial charge in [0, 0.05) is 11.1 Å². The van der Waals surface area contributed by atoms with E-state index in [9.17, 15) is 19.3 Å². The molecule has 0 amide bonds. The first kappa shape index (κ1) is 20.9. The lowest BCUT2D eigenvalue weighted by atomic mass is 9.97. The fraction of sp³-hybridized carbons (Fsp3) is 0.300. The van der Waals surface area contributed by atoms with E-state index in [1.54, 1.807) is 24.3 Å². The molecule has 0 unspecified atom stereocenters. The molecule has 4 nitrogen and oxygen atoms in total. The number of Topliss-reactive ketones (excluding diaryl/α,β-unsaturated/α-hetero) is 1. The van der Waals surface area contributed by atoms with Gasteiger partial charge in [0.1, 0.15) is 5.60 Å². The largest absolute Gasteiger partial charge is 0.382 e. The van der Waals surface area contributed by atoms with Gasteiger partial charge in [-0.15, -0.1) is 0 Å². The summed E-state index contributed by atoms with van der Waals surface area (Å²) in [6.45, 7) is 8.67. The van der Waals surface area contributed by atoms with Gasteiger partial charge in [0.25, 0.3) is 5.52 Å². The number of benzene rings is 2. The molecular weight excluding hydrogens is 335 g/mol. The van der Waals surface area contributed by atoms with Crippen molar-refractivity contribution in [1.29, 1.82) is 0 Å². The van der Waals surface area contributed by atoms with Crippen molar-refractivity contribution in [3.8, 4) is 0 Å². The van der Waals surface area contributed by atoms with Crippen molar-refractivity contribution in [3.05, 3.63) is 70.3 Å². The Labute approximate surface area is 150 Å². The average Bonchev–Trinajstić information content (AvgIpc) is 2.53. The zero-order chi connectivity index (χ0) is 19.2. The van der Waals surface area contributed by atoms with Gasteiger partial charge in [-0.2, -0.15) is 0 Å². The van der Waals surface area contributed by atoms with E-state index in [2.05, 4.69) is 0 Å². The molecular formula is C20H23O4P. The van der Waals surface area contributed by atoms with Crippen molar-refractivity contribution in [1.82, 2.24) is 0 Å². The quantitative estimate of drug-likeness (QED) is 0.636. The number of aliphatic hydroxyl groups is 1. The van der Waals surface area contributed by atoms with Crippen LogP contribution in [0, 0.1) is 20.8 Å². The molecule has 0 saturated carbocycles.